The summed E-state index contributed by atoms with van der Waals surface area (Å²) in [6, 6.07) is 9.39. The Morgan fingerprint density at radius 2 is 1.94 bits per heavy atom. The Labute approximate surface area is 105 Å². The molecule has 0 aliphatic rings. The molecule has 1 unspecified atom stereocenters. The highest BCUT2D eigenvalue weighted by Gasteiger charge is 2.32. The van der Waals surface area contributed by atoms with Crippen molar-refractivity contribution in [3.63, 3.8) is 0 Å². The van der Waals surface area contributed by atoms with E-state index in [1.165, 1.54) is 0 Å². The molecule has 1 N–H and O–H groups in total. The van der Waals surface area contributed by atoms with Crippen LogP contribution in [0, 0.1) is 0 Å². The maximum atomic E-state index is 10.8. The Morgan fingerprint density at radius 3 is 2.53 bits per heavy atom. The molecule has 0 aliphatic heterocycles. The molecule has 88 valence electrons. The van der Waals surface area contributed by atoms with Crippen LogP contribution in [0.5, 0.6) is 0 Å². The number of rotatable bonds is 4. The lowest BCUT2D eigenvalue weighted by Gasteiger charge is -2.27. The van der Waals surface area contributed by atoms with Crippen molar-refractivity contribution in [2.45, 2.75) is 12.0 Å². The summed E-state index contributed by atoms with van der Waals surface area (Å²) in [4.78, 5) is 8.17. The maximum absolute atomic E-state index is 10.8. The van der Waals surface area contributed by atoms with Gasteiger partial charge in [0.15, 0.2) is 0 Å². The van der Waals surface area contributed by atoms with Crippen LogP contribution in [-0.2, 0) is 5.60 Å². The third-order valence-electron chi connectivity index (χ3n) is 2.69. The first kappa shape index (κ1) is 12.0. The van der Waals surface area contributed by atoms with Gasteiger partial charge in [0.2, 0.25) is 0 Å². The molecule has 2 aromatic rings. The van der Waals surface area contributed by atoms with Gasteiger partial charge in [0, 0.05) is 18.3 Å². The van der Waals surface area contributed by atoms with E-state index in [1.807, 2.05) is 30.3 Å². The van der Waals surface area contributed by atoms with Gasteiger partial charge in [-0.3, -0.25) is 9.97 Å². The lowest BCUT2D eigenvalue weighted by Crippen LogP contribution is -2.29. The van der Waals surface area contributed by atoms with Crippen LogP contribution in [0.3, 0.4) is 0 Å². The summed E-state index contributed by atoms with van der Waals surface area (Å²) in [7, 11) is 0. The summed E-state index contributed by atoms with van der Waals surface area (Å²) in [5.41, 5.74) is 0.130. The van der Waals surface area contributed by atoms with Crippen molar-refractivity contribution < 1.29 is 5.11 Å². The average Bonchev–Trinajstić information content (AvgIpc) is 2.41. The highest BCUT2D eigenvalue weighted by molar-refractivity contribution is 6.17. The molecule has 2 rings (SSSR count). The number of alkyl halides is 1. The highest BCUT2D eigenvalue weighted by Crippen LogP contribution is 2.31. The number of hydrogen-bond donors (Lipinski definition) is 1. The molecule has 17 heavy (non-hydrogen) atoms. The van der Waals surface area contributed by atoms with Gasteiger partial charge in [-0.05, 0) is 12.0 Å². The van der Waals surface area contributed by atoms with E-state index in [0.717, 1.165) is 5.56 Å². The van der Waals surface area contributed by atoms with E-state index in [2.05, 4.69) is 9.97 Å². The van der Waals surface area contributed by atoms with Crippen molar-refractivity contribution in [2.24, 2.45) is 0 Å². The van der Waals surface area contributed by atoms with Gasteiger partial charge >= 0.3 is 0 Å². The molecule has 0 spiro atoms. The van der Waals surface area contributed by atoms with Crippen LogP contribution in [0.2, 0.25) is 0 Å². The van der Waals surface area contributed by atoms with Gasteiger partial charge in [-0.25, -0.2) is 0 Å². The van der Waals surface area contributed by atoms with Crippen LogP contribution >= 0.6 is 11.6 Å². The SMILES string of the molecule is OC(CCCl)(c1ccccc1)c1cnccn1. The molecular weight excluding hydrogens is 236 g/mol. The second kappa shape index (κ2) is 5.25. The Bertz CT molecular complexity index is 422. The molecule has 0 aliphatic carbocycles. The zero-order valence-electron chi connectivity index (χ0n) is 9.25. The third-order valence-corrected chi connectivity index (χ3v) is 2.88. The minimum absolute atomic E-state index is 0.349. The molecule has 1 heterocycles. The smallest absolute Gasteiger partial charge is 0.134 e. The third kappa shape index (κ3) is 2.46. The van der Waals surface area contributed by atoms with Crippen molar-refractivity contribution in [3.8, 4) is 0 Å². The Kier molecular flexibility index (Phi) is 3.71. The summed E-state index contributed by atoms with van der Waals surface area (Å²) < 4.78 is 0. The molecule has 1 aromatic heterocycles. The van der Waals surface area contributed by atoms with Crippen molar-refractivity contribution in [3.05, 3.63) is 60.2 Å². The van der Waals surface area contributed by atoms with Gasteiger partial charge in [0.05, 0.1) is 11.9 Å². The van der Waals surface area contributed by atoms with Gasteiger partial charge in [-0.15, -0.1) is 11.6 Å². The molecule has 1 aromatic carbocycles. The predicted octanol–water partition coefficient (Wildman–Crippen LogP) is 2.34. The quantitative estimate of drug-likeness (QED) is 0.845. The first-order chi connectivity index (χ1) is 8.27. The predicted molar refractivity (Wildman–Crippen MR) is 66.8 cm³/mol. The number of benzene rings is 1. The minimum Gasteiger partial charge on any atom is -0.379 e. The van der Waals surface area contributed by atoms with Gasteiger partial charge in [0.25, 0.3) is 0 Å². The van der Waals surface area contributed by atoms with Gasteiger partial charge < -0.3 is 5.11 Å². The summed E-state index contributed by atoms with van der Waals surface area (Å²) in [5.74, 6) is 0.349. The van der Waals surface area contributed by atoms with Gasteiger partial charge in [-0.2, -0.15) is 0 Å². The van der Waals surface area contributed by atoms with E-state index >= 15 is 0 Å². The number of nitrogens with zero attached hydrogens (tertiary/aromatic N) is 2. The van der Waals surface area contributed by atoms with Crippen LogP contribution in [0.4, 0.5) is 0 Å². The fourth-order valence-electron chi connectivity index (χ4n) is 1.78. The maximum Gasteiger partial charge on any atom is 0.134 e. The first-order valence-corrected chi connectivity index (χ1v) is 5.91. The fraction of sp³-hybridized carbons (Fsp3) is 0.231. The second-order valence-electron chi connectivity index (χ2n) is 3.76. The van der Waals surface area contributed by atoms with Crippen molar-refractivity contribution >= 4 is 11.6 Å². The van der Waals surface area contributed by atoms with Crippen LogP contribution < -0.4 is 0 Å². The Morgan fingerprint density at radius 1 is 1.18 bits per heavy atom. The van der Waals surface area contributed by atoms with Crippen LogP contribution in [0.15, 0.2) is 48.9 Å². The van der Waals surface area contributed by atoms with E-state index in [0.29, 0.717) is 18.0 Å². The zero-order valence-corrected chi connectivity index (χ0v) is 10.0. The van der Waals surface area contributed by atoms with Crippen molar-refractivity contribution in [2.75, 3.05) is 5.88 Å². The minimum atomic E-state index is -1.17. The first-order valence-electron chi connectivity index (χ1n) is 5.38. The van der Waals surface area contributed by atoms with Crippen LogP contribution in [-0.4, -0.2) is 21.0 Å². The Balaban J connectivity index is 2.47. The van der Waals surface area contributed by atoms with E-state index in [-0.39, 0.29) is 0 Å². The van der Waals surface area contributed by atoms with E-state index in [1.54, 1.807) is 18.6 Å². The summed E-state index contributed by atoms with van der Waals surface area (Å²) in [6.45, 7) is 0. The normalized spacial score (nSPS) is 14.2. The molecule has 0 saturated carbocycles. The number of aliphatic hydroxyl groups is 1. The molecule has 3 nitrogen and oxygen atoms in total. The van der Waals surface area contributed by atoms with Crippen LogP contribution in [0.1, 0.15) is 17.7 Å². The summed E-state index contributed by atoms with van der Waals surface area (Å²) >= 11 is 5.78. The fourth-order valence-corrected chi connectivity index (χ4v) is 2.06. The topological polar surface area (TPSA) is 46.0 Å². The molecule has 0 radical (unpaired) electrons. The standard InChI is InChI=1S/C13H13ClN2O/c14-7-6-13(17,11-4-2-1-3-5-11)12-10-15-8-9-16-12/h1-5,8-10,17H,6-7H2. The second-order valence-corrected chi connectivity index (χ2v) is 4.13. The molecular formula is C13H13ClN2O. The molecule has 4 heteroatoms. The van der Waals surface area contributed by atoms with E-state index in [9.17, 15) is 5.11 Å². The van der Waals surface area contributed by atoms with Crippen molar-refractivity contribution in [1.82, 2.24) is 9.97 Å². The zero-order chi connectivity index (χ0) is 12.1. The average molecular weight is 249 g/mol. The molecule has 0 amide bonds. The number of hydrogen-bond acceptors (Lipinski definition) is 3. The lowest BCUT2D eigenvalue weighted by molar-refractivity contribution is 0.0724. The van der Waals surface area contributed by atoms with Gasteiger partial charge in [0.1, 0.15) is 5.60 Å². The van der Waals surface area contributed by atoms with E-state index < -0.39 is 5.60 Å². The molecule has 1 atom stereocenters. The monoisotopic (exact) mass is 248 g/mol. The summed E-state index contributed by atoms with van der Waals surface area (Å²) in [5, 5.41) is 10.8. The van der Waals surface area contributed by atoms with Gasteiger partial charge in [-0.1, -0.05) is 30.3 Å². The van der Waals surface area contributed by atoms with Crippen LogP contribution in [0.25, 0.3) is 0 Å². The van der Waals surface area contributed by atoms with Crippen molar-refractivity contribution in [1.29, 1.82) is 0 Å². The largest absolute Gasteiger partial charge is 0.379 e. The lowest BCUT2D eigenvalue weighted by atomic mass is 9.88. The van der Waals surface area contributed by atoms with E-state index in [4.69, 9.17) is 11.6 Å². The molecule has 0 saturated heterocycles. The molecule has 0 fully saturated rings. The Hall–Kier alpha value is -1.45. The number of aromatic nitrogens is 2. The number of halogens is 1. The molecule has 0 bridgehead atoms. The summed E-state index contributed by atoms with van der Waals surface area (Å²) in [6.07, 6.45) is 5.11. The highest BCUT2D eigenvalue weighted by atomic mass is 35.5.